The number of ether oxygens (including phenoxy) is 1. The minimum Gasteiger partial charge on any atom is -0.491 e. The summed E-state index contributed by atoms with van der Waals surface area (Å²) in [4.78, 5) is 2.07. The van der Waals surface area contributed by atoms with E-state index in [1.165, 1.54) is 6.07 Å². The molecule has 0 amide bonds. The molecule has 3 nitrogen and oxygen atoms in total. The summed E-state index contributed by atoms with van der Waals surface area (Å²) in [5, 5.41) is 0. The third-order valence-corrected chi connectivity index (χ3v) is 3.83. The van der Waals surface area contributed by atoms with Crippen LogP contribution in [0.15, 0.2) is 18.2 Å². The van der Waals surface area contributed by atoms with E-state index in [4.69, 9.17) is 10.5 Å². The molecule has 1 unspecified atom stereocenters. The van der Waals surface area contributed by atoms with Crippen molar-refractivity contribution >= 4 is 5.69 Å². The zero-order valence-electron chi connectivity index (χ0n) is 12.4. The van der Waals surface area contributed by atoms with E-state index in [0.29, 0.717) is 11.4 Å². The van der Waals surface area contributed by atoms with Crippen LogP contribution >= 0.6 is 0 Å². The highest BCUT2D eigenvalue weighted by atomic mass is 19.1. The number of anilines is 1. The van der Waals surface area contributed by atoms with Crippen LogP contribution in [0.4, 0.5) is 10.1 Å². The van der Waals surface area contributed by atoms with Gasteiger partial charge in [0, 0.05) is 25.2 Å². The number of nitrogens with zero attached hydrogens (tertiary/aromatic N) is 1. The highest BCUT2D eigenvalue weighted by Gasteiger charge is 2.19. The van der Waals surface area contributed by atoms with Crippen molar-refractivity contribution in [1.82, 2.24) is 0 Å². The van der Waals surface area contributed by atoms with Gasteiger partial charge in [-0.1, -0.05) is 13.3 Å². The molecule has 1 aromatic carbocycles. The molecule has 1 aliphatic rings. The molecule has 1 aromatic rings. The maximum Gasteiger partial charge on any atom is 0.150 e. The Hall–Kier alpha value is -1.29. The monoisotopic (exact) mass is 280 g/mol. The van der Waals surface area contributed by atoms with Gasteiger partial charge in [-0.05, 0) is 38.3 Å². The quantitative estimate of drug-likeness (QED) is 0.899. The first-order chi connectivity index (χ1) is 9.60. The molecule has 1 aliphatic heterocycles. The molecule has 2 rings (SSSR count). The Morgan fingerprint density at radius 1 is 1.40 bits per heavy atom. The van der Waals surface area contributed by atoms with Gasteiger partial charge in [0.25, 0.3) is 0 Å². The molecule has 0 radical (unpaired) electrons. The largest absolute Gasteiger partial charge is 0.491 e. The fourth-order valence-electron chi connectivity index (χ4n) is 2.66. The fraction of sp³-hybridized carbons (Fsp3) is 0.625. The minimum atomic E-state index is -0.207. The van der Waals surface area contributed by atoms with E-state index in [-0.39, 0.29) is 18.0 Å². The first-order valence-corrected chi connectivity index (χ1v) is 7.57. The number of nitrogens with two attached hydrogens (primary N) is 1. The summed E-state index contributed by atoms with van der Waals surface area (Å²) in [7, 11) is 0. The predicted octanol–water partition coefficient (Wildman–Crippen LogP) is 3.32. The van der Waals surface area contributed by atoms with E-state index in [1.807, 2.05) is 19.1 Å². The third kappa shape index (κ3) is 3.85. The van der Waals surface area contributed by atoms with Crippen LogP contribution in [0.25, 0.3) is 0 Å². The van der Waals surface area contributed by atoms with Gasteiger partial charge < -0.3 is 15.4 Å². The van der Waals surface area contributed by atoms with Crippen LogP contribution in [0.1, 0.15) is 39.5 Å². The van der Waals surface area contributed by atoms with Crippen molar-refractivity contribution in [3.63, 3.8) is 0 Å². The predicted molar refractivity (Wildman–Crippen MR) is 80.8 cm³/mol. The van der Waals surface area contributed by atoms with Gasteiger partial charge in [0.1, 0.15) is 11.6 Å². The molecule has 1 saturated heterocycles. The van der Waals surface area contributed by atoms with E-state index in [2.05, 4.69) is 11.8 Å². The molecule has 1 heterocycles. The van der Waals surface area contributed by atoms with Crippen molar-refractivity contribution in [3.05, 3.63) is 24.0 Å². The highest BCUT2D eigenvalue weighted by molar-refractivity contribution is 5.51. The summed E-state index contributed by atoms with van der Waals surface area (Å²) in [6, 6.07) is 5.43. The normalized spacial score (nSPS) is 18.1. The minimum absolute atomic E-state index is 0.123. The summed E-state index contributed by atoms with van der Waals surface area (Å²) in [5.74, 6) is 0.405. The van der Waals surface area contributed by atoms with Gasteiger partial charge in [0.2, 0.25) is 0 Å². The SMILES string of the molecule is CCCC(C)Oc1ccc(N2CCC(N)CC2)c(F)c1. The van der Waals surface area contributed by atoms with E-state index in [0.717, 1.165) is 38.8 Å². The summed E-state index contributed by atoms with van der Waals surface area (Å²) in [5.41, 5.74) is 6.54. The number of hydrogen-bond acceptors (Lipinski definition) is 3. The smallest absolute Gasteiger partial charge is 0.150 e. The zero-order valence-corrected chi connectivity index (χ0v) is 12.4. The van der Waals surface area contributed by atoms with Gasteiger partial charge in [-0.2, -0.15) is 0 Å². The molecule has 1 fully saturated rings. The molecule has 0 aromatic heterocycles. The Balaban J connectivity index is 2.02. The molecule has 2 N–H and O–H groups in total. The molecule has 1 atom stereocenters. The van der Waals surface area contributed by atoms with E-state index in [9.17, 15) is 4.39 Å². The van der Waals surface area contributed by atoms with Crippen molar-refractivity contribution < 1.29 is 9.13 Å². The van der Waals surface area contributed by atoms with Crippen LogP contribution in [0.3, 0.4) is 0 Å². The second kappa shape index (κ2) is 6.93. The maximum absolute atomic E-state index is 14.2. The van der Waals surface area contributed by atoms with Gasteiger partial charge in [-0.3, -0.25) is 0 Å². The van der Waals surface area contributed by atoms with Crippen LogP contribution in [-0.4, -0.2) is 25.2 Å². The zero-order chi connectivity index (χ0) is 14.5. The van der Waals surface area contributed by atoms with Gasteiger partial charge in [-0.25, -0.2) is 4.39 Å². The highest BCUT2D eigenvalue weighted by Crippen LogP contribution is 2.27. The van der Waals surface area contributed by atoms with Crippen LogP contribution in [0, 0.1) is 5.82 Å². The van der Waals surface area contributed by atoms with Crippen LogP contribution in [0.5, 0.6) is 5.75 Å². The lowest BCUT2D eigenvalue weighted by atomic mass is 10.1. The maximum atomic E-state index is 14.2. The molecule has 20 heavy (non-hydrogen) atoms. The van der Waals surface area contributed by atoms with E-state index < -0.39 is 0 Å². The number of benzene rings is 1. The van der Waals surface area contributed by atoms with Crippen molar-refractivity contribution in [3.8, 4) is 5.75 Å². The second-order valence-corrected chi connectivity index (χ2v) is 5.65. The first kappa shape index (κ1) is 15.1. The van der Waals surface area contributed by atoms with Gasteiger partial charge >= 0.3 is 0 Å². The van der Waals surface area contributed by atoms with Crippen LogP contribution in [0.2, 0.25) is 0 Å². The third-order valence-electron chi connectivity index (χ3n) is 3.83. The Morgan fingerprint density at radius 2 is 2.10 bits per heavy atom. The average Bonchev–Trinajstić information content (AvgIpc) is 2.40. The van der Waals surface area contributed by atoms with E-state index >= 15 is 0 Å². The van der Waals surface area contributed by atoms with E-state index in [1.54, 1.807) is 0 Å². The van der Waals surface area contributed by atoms with Gasteiger partial charge in [0.15, 0.2) is 0 Å². The van der Waals surface area contributed by atoms with Crippen LogP contribution in [-0.2, 0) is 0 Å². The van der Waals surface area contributed by atoms with Crippen molar-refractivity contribution in [2.75, 3.05) is 18.0 Å². The molecular formula is C16H25FN2O. The first-order valence-electron chi connectivity index (χ1n) is 7.57. The summed E-state index contributed by atoms with van der Waals surface area (Å²) in [6.45, 7) is 5.78. The van der Waals surface area contributed by atoms with Crippen molar-refractivity contribution in [1.29, 1.82) is 0 Å². The molecular weight excluding hydrogens is 255 g/mol. The Labute approximate surface area is 120 Å². The molecule has 0 spiro atoms. The van der Waals surface area contributed by atoms with Crippen molar-refractivity contribution in [2.45, 2.75) is 51.7 Å². The standard InChI is InChI=1S/C16H25FN2O/c1-3-4-12(2)20-14-5-6-16(15(17)11-14)19-9-7-13(18)8-10-19/h5-6,11-13H,3-4,7-10,18H2,1-2H3. The van der Waals surface area contributed by atoms with Crippen molar-refractivity contribution in [2.24, 2.45) is 5.73 Å². The lowest BCUT2D eigenvalue weighted by Gasteiger charge is -2.32. The number of hydrogen-bond donors (Lipinski definition) is 1. The van der Waals surface area contributed by atoms with Gasteiger partial charge in [0.05, 0.1) is 11.8 Å². The molecule has 0 bridgehead atoms. The van der Waals surface area contributed by atoms with Gasteiger partial charge in [-0.15, -0.1) is 0 Å². The Bertz CT molecular complexity index is 430. The fourth-order valence-corrected chi connectivity index (χ4v) is 2.66. The summed E-state index contributed by atoms with van der Waals surface area (Å²) < 4.78 is 19.9. The summed E-state index contributed by atoms with van der Waals surface area (Å²) >= 11 is 0. The molecule has 4 heteroatoms. The average molecular weight is 280 g/mol. The van der Waals surface area contributed by atoms with Crippen LogP contribution < -0.4 is 15.4 Å². The lowest BCUT2D eigenvalue weighted by molar-refractivity contribution is 0.209. The molecule has 0 aliphatic carbocycles. The number of halogens is 1. The molecule has 112 valence electrons. The summed E-state index contributed by atoms with van der Waals surface area (Å²) in [6.07, 6.45) is 4.01. The lowest BCUT2D eigenvalue weighted by Crippen LogP contribution is -2.40. The molecule has 0 saturated carbocycles. The second-order valence-electron chi connectivity index (χ2n) is 5.65. The Morgan fingerprint density at radius 3 is 2.70 bits per heavy atom. The number of rotatable bonds is 5. The number of piperidine rings is 1. The topological polar surface area (TPSA) is 38.5 Å². The Kier molecular flexibility index (Phi) is 5.24.